The third kappa shape index (κ3) is 4.85. The molecule has 0 bridgehead atoms. The molecule has 1 nitrogen and oxygen atoms in total. The average Bonchev–Trinajstić information content (AvgIpc) is 3.82. The predicted molar refractivity (Wildman–Crippen MR) is 261 cm³/mol. The summed E-state index contributed by atoms with van der Waals surface area (Å²) in [6.07, 6.45) is 0. The minimum absolute atomic E-state index is 0.466. The van der Waals surface area contributed by atoms with Crippen molar-refractivity contribution in [2.75, 3.05) is 4.90 Å². The van der Waals surface area contributed by atoms with Crippen molar-refractivity contribution in [1.82, 2.24) is 0 Å². The highest BCUT2D eigenvalue weighted by Crippen LogP contribution is 2.63. The van der Waals surface area contributed by atoms with E-state index in [0.29, 0.717) is 0 Å². The van der Waals surface area contributed by atoms with Crippen LogP contribution in [0.3, 0.4) is 0 Å². The average molecular weight is 786 g/mol. The van der Waals surface area contributed by atoms with Crippen LogP contribution < -0.4 is 4.90 Å². The van der Waals surface area contributed by atoms with Crippen molar-refractivity contribution in [3.05, 3.63) is 259 Å². The van der Waals surface area contributed by atoms with Crippen LogP contribution in [0.5, 0.6) is 0 Å². The summed E-state index contributed by atoms with van der Waals surface area (Å²) in [7, 11) is 0. The molecule has 11 aromatic rings. The molecule has 0 unspecified atom stereocenters. The second kappa shape index (κ2) is 13.5. The Labute approximate surface area is 361 Å². The van der Waals surface area contributed by atoms with Gasteiger partial charge in [-0.05, 0) is 118 Å². The molecule has 0 amide bonds. The minimum atomic E-state index is -0.466. The second-order valence-corrected chi connectivity index (χ2v) is 16.7. The number of para-hydroxylation sites is 1. The largest absolute Gasteiger partial charge is 0.309 e. The molecule has 1 spiro atoms. The summed E-state index contributed by atoms with van der Waals surface area (Å²) >= 11 is 0. The molecule has 62 heavy (non-hydrogen) atoms. The van der Waals surface area contributed by atoms with Gasteiger partial charge in [0.15, 0.2) is 0 Å². The van der Waals surface area contributed by atoms with E-state index < -0.39 is 5.41 Å². The van der Waals surface area contributed by atoms with E-state index in [9.17, 15) is 0 Å². The molecule has 288 valence electrons. The van der Waals surface area contributed by atoms with E-state index in [4.69, 9.17) is 0 Å². The van der Waals surface area contributed by atoms with Gasteiger partial charge >= 0.3 is 0 Å². The Morgan fingerprint density at radius 3 is 1.34 bits per heavy atom. The van der Waals surface area contributed by atoms with Gasteiger partial charge in [-0.1, -0.05) is 206 Å². The summed E-state index contributed by atoms with van der Waals surface area (Å²) in [5, 5.41) is 7.52. The molecular formula is C61H39N. The van der Waals surface area contributed by atoms with Crippen LogP contribution in [0.1, 0.15) is 22.3 Å². The van der Waals surface area contributed by atoms with Crippen molar-refractivity contribution in [2.45, 2.75) is 5.41 Å². The first-order chi connectivity index (χ1) is 30.8. The maximum atomic E-state index is 2.55. The molecule has 2 aliphatic rings. The van der Waals surface area contributed by atoms with Gasteiger partial charge in [-0.2, -0.15) is 0 Å². The summed E-state index contributed by atoms with van der Waals surface area (Å²) in [6.45, 7) is 0. The van der Waals surface area contributed by atoms with E-state index in [0.717, 1.165) is 17.1 Å². The monoisotopic (exact) mass is 785 g/mol. The van der Waals surface area contributed by atoms with Gasteiger partial charge in [0.2, 0.25) is 0 Å². The molecule has 0 radical (unpaired) electrons. The van der Waals surface area contributed by atoms with E-state index >= 15 is 0 Å². The van der Waals surface area contributed by atoms with E-state index in [1.807, 2.05) is 0 Å². The molecule has 13 rings (SSSR count). The number of rotatable bonds is 5. The third-order valence-electron chi connectivity index (χ3n) is 13.7. The Balaban J connectivity index is 1.14. The summed E-state index contributed by atoms with van der Waals surface area (Å²) in [4.78, 5) is 2.55. The van der Waals surface area contributed by atoms with Crippen molar-refractivity contribution in [2.24, 2.45) is 0 Å². The lowest BCUT2D eigenvalue weighted by Crippen LogP contribution is -2.26. The number of hydrogen-bond acceptors (Lipinski definition) is 1. The fourth-order valence-electron chi connectivity index (χ4n) is 11.2. The van der Waals surface area contributed by atoms with Gasteiger partial charge in [-0.15, -0.1) is 0 Å². The van der Waals surface area contributed by atoms with Crippen LogP contribution in [0.25, 0.3) is 76.8 Å². The maximum Gasteiger partial charge on any atom is 0.0726 e. The smallest absolute Gasteiger partial charge is 0.0726 e. The predicted octanol–water partition coefficient (Wildman–Crippen LogP) is 16.3. The maximum absolute atomic E-state index is 2.55. The van der Waals surface area contributed by atoms with Crippen LogP contribution in [-0.4, -0.2) is 0 Å². The highest BCUT2D eigenvalue weighted by molar-refractivity contribution is 6.29. The quantitative estimate of drug-likeness (QED) is 0.157. The minimum Gasteiger partial charge on any atom is -0.309 e. The molecular weight excluding hydrogens is 747 g/mol. The zero-order chi connectivity index (χ0) is 40.8. The van der Waals surface area contributed by atoms with Gasteiger partial charge in [-0.25, -0.2) is 0 Å². The Morgan fingerprint density at radius 2 is 0.694 bits per heavy atom. The van der Waals surface area contributed by atoms with Gasteiger partial charge in [-0.3, -0.25) is 0 Å². The molecule has 0 saturated carbocycles. The summed E-state index contributed by atoms with van der Waals surface area (Å²) in [5.74, 6) is 0. The van der Waals surface area contributed by atoms with Crippen LogP contribution in [0, 0.1) is 0 Å². The van der Waals surface area contributed by atoms with Gasteiger partial charge in [0.25, 0.3) is 0 Å². The highest BCUT2D eigenvalue weighted by atomic mass is 15.1. The van der Waals surface area contributed by atoms with Crippen molar-refractivity contribution < 1.29 is 0 Å². The number of fused-ring (bicyclic) bond motifs is 16. The Bertz CT molecular complexity index is 3490. The lowest BCUT2D eigenvalue weighted by Gasteiger charge is -2.33. The van der Waals surface area contributed by atoms with Gasteiger partial charge in [0.05, 0.1) is 16.8 Å². The fraction of sp³-hybridized carbons (Fsp3) is 0.0164. The first-order valence-corrected chi connectivity index (χ1v) is 21.6. The molecule has 0 N–H and O–H groups in total. The van der Waals surface area contributed by atoms with Crippen molar-refractivity contribution in [3.8, 4) is 44.5 Å². The zero-order valence-electron chi connectivity index (χ0n) is 34.0. The SMILES string of the molecule is c1ccc(-c2cccc(-c3ccccc3N(c3ccc4c(c3)C3(c5ccccc5-c5ccccc53)c3ccccc3-4)c3cccc4c5ccccc5c5ccccc5c34)c2)cc1. The van der Waals surface area contributed by atoms with E-state index in [1.165, 1.54) is 99.1 Å². The third-order valence-corrected chi connectivity index (χ3v) is 13.7. The summed E-state index contributed by atoms with van der Waals surface area (Å²) < 4.78 is 0. The fourth-order valence-corrected chi connectivity index (χ4v) is 11.2. The van der Waals surface area contributed by atoms with Gasteiger partial charge in [0.1, 0.15) is 0 Å². The highest BCUT2D eigenvalue weighted by Gasteiger charge is 2.51. The lowest BCUT2D eigenvalue weighted by molar-refractivity contribution is 0.793. The lowest BCUT2D eigenvalue weighted by atomic mass is 9.70. The Kier molecular flexibility index (Phi) is 7.59. The number of benzene rings is 11. The first-order valence-electron chi connectivity index (χ1n) is 21.6. The van der Waals surface area contributed by atoms with E-state index in [2.05, 4.69) is 241 Å². The molecule has 0 fully saturated rings. The molecule has 0 aromatic heterocycles. The van der Waals surface area contributed by atoms with Crippen molar-refractivity contribution >= 4 is 49.4 Å². The molecule has 0 saturated heterocycles. The zero-order valence-corrected chi connectivity index (χ0v) is 34.0. The Morgan fingerprint density at radius 1 is 0.258 bits per heavy atom. The molecule has 0 aliphatic heterocycles. The van der Waals surface area contributed by atoms with E-state index in [1.54, 1.807) is 0 Å². The standard InChI is InChI=1S/C61H39N/c1-2-18-40(19-3-1)41-20-16-21-42(38-41)44-22-11-15-34-58(44)62(59-35-17-30-53-47-24-5-4-23-45(47)46-25-6-7-29-52(46)60(53)59)43-36-37-51-50-28-10-14-33-56(50)61(57(51)39-43)54-31-12-8-26-48(54)49-27-9-13-32-55(49)61/h1-39H. The molecule has 1 heteroatoms. The molecule has 11 aromatic carbocycles. The summed E-state index contributed by atoms with van der Waals surface area (Å²) in [5.41, 5.74) is 18.2. The van der Waals surface area contributed by atoms with Crippen LogP contribution in [-0.2, 0) is 5.41 Å². The van der Waals surface area contributed by atoms with E-state index in [-0.39, 0.29) is 0 Å². The van der Waals surface area contributed by atoms with Gasteiger partial charge in [0, 0.05) is 16.6 Å². The van der Waals surface area contributed by atoms with Crippen LogP contribution in [0.2, 0.25) is 0 Å². The van der Waals surface area contributed by atoms with Crippen LogP contribution >= 0.6 is 0 Å². The van der Waals surface area contributed by atoms with Crippen molar-refractivity contribution in [3.63, 3.8) is 0 Å². The molecule has 0 heterocycles. The normalized spacial score (nSPS) is 13.0. The second-order valence-electron chi connectivity index (χ2n) is 16.7. The number of hydrogen-bond donors (Lipinski definition) is 0. The van der Waals surface area contributed by atoms with Crippen LogP contribution in [0.4, 0.5) is 17.1 Å². The molecule has 0 atom stereocenters. The van der Waals surface area contributed by atoms with Gasteiger partial charge < -0.3 is 4.90 Å². The first kappa shape index (κ1) is 34.8. The number of anilines is 3. The topological polar surface area (TPSA) is 3.24 Å². The molecule has 2 aliphatic carbocycles. The summed E-state index contributed by atoms with van der Waals surface area (Å²) in [6, 6.07) is 88.0. The number of nitrogens with zero attached hydrogens (tertiary/aromatic N) is 1. The van der Waals surface area contributed by atoms with Crippen LogP contribution in [0.15, 0.2) is 237 Å². The Hall–Kier alpha value is -8.00. The van der Waals surface area contributed by atoms with Crippen molar-refractivity contribution in [1.29, 1.82) is 0 Å².